The molecular formula is C13H9Cl2N3O2. The minimum absolute atomic E-state index is 0.00488. The Morgan fingerprint density at radius 3 is 2.70 bits per heavy atom. The molecule has 0 spiro atoms. The van der Waals surface area contributed by atoms with Crippen LogP contribution in [-0.2, 0) is 0 Å². The van der Waals surface area contributed by atoms with E-state index in [1.807, 2.05) is 0 Å². The Morgan fingerprint density at radius 2 is 2.00 bits per heavy atom. The monoisotopic (exact) mass is 309 g/mol. The molecule has 0 saturated heterocycles. The fraction of sp³-hybridized carbons (Fsp3) is 0. The average Bonchev–Trinajstić information content (AvgIpc) is 2.41. The predicted molar refractivity (Wildman–Crippen MR) is 80.8 cm³/mol. The summed E-state index contributed by atoms with van der Waals surface area (Å²) in [7, 11) is 0. The van der Waals surface area contributed by atoms with Crippen molar-refractivity contribution in [3.8, 4) is 0 Å². The zero-order chi connectivity index (χ0) is 14.5. The standard InChI is InChI=1S/C13H9Cl2N3O2/c14-10-5-4-9(13(15)6-10)8-16-17-11-2-1-3-12(7-11)18(19)20/h1-8,17H. The van der Waals surface area contributed by atoms with Crippen molar-refractivity contribution in [3.63, 3.8) is 0 Å². The minimum Gasteiger partial charge on any atom is -0.278 e. The van der Waals surface area contributed by atoms with E-state index in [0.717, 1.165) is 0 Å². The van der Waals surface area contributed by atoms with E-state index in [2.05, 4.69) is 10.5 Å². The van der Waals surface area contributed by atoms with Gasteiger partial charge in [0.1, 0.15) is 0 Å². The second kappa shape index (κ2) is 6.36. The molecule has 7 heteroatoms. The van der Waals surface area contributed by atoms with Crippen molar-refractivity contribution in [2.45, 2.75) is 0 Å². The quantitative estimate of drug-likeness (QED) is 0.518. The lowest BCUT2D eigenvalue weighted by Crippen LogP contribution is -1.93. The lowest BCUT2D eigenvalue weighted by Gasteiger charge is -2.01. The van der Waals surface area contributed by atoms with Crippen molar-refractivity contribution in [2.24, 2.45) is 5.10 Å². The molecule has 2 aromatic carbocycles. The first-order valence-electron chi connectivity index (χ1n) is 5.55. The van der Waals surface area contributed by atoms with Crippen LogP contribution in [0.1, 0.15) is 5.56 Å². The van der Waals surface area contributed by atoms with Crippen molar-refractivity contribution < 1.29 is 4.92 Å². The molecule has 0 unspecified atom stereocenters. The number of hydrazone groups is 1. The second-order valence-corrected chi connectivity index (χ2v) is 4.69. The summed E-state index contributed by atoms with van der Waals surface area (Å²) in [6.45, 7) is 0. The van der Waals surface area contributed by atoms with E-state index >= 15 is 0 Å². The average molecular weight is 310 g/mol. The fourth-order valence-electron chi connectivity index (χ4n) is 1.47. The maximum Gasteiger partial charge on any atom is 0.271 e. The van der Waals surface area contributed by atoms with Gasteiger partial charge in [0, 0.05) is 22.7 Å². The molecule has 0 fully saturated rings. The van der Waals surface area contributed by atoms with Gasteiger partial charge in [-0.15, -0.1) is 0 Å². The number of rotatable bonds is 4. The van der Waals surface area contributed by atoms with E-state index in [1.165, 1.54) is 18.3 Å². The Kier molecular flexibility index (Phi) is 4.55. The Morgan fingerprint density at radius 1 is 1.20 bits per heavy atom. The SMILES string of the molecule is O=[N+]([O-])c1cccc(NN=Cc2ccc(Cl)cc2Cl)c1. The number of anilines is 1. The van der Waals surface area contributed by atoms with Crippen molar-refractivity contribution >= 4 is 40.8 Å². The zero-order valence-electron chi connectivity index (χ0n) is 10.1. The van der Waals surface area contributed by atoms with Gasteiger partial charge in [-0.1, -0.05) is 35.3 Å². The van der Waals surface area contributed by atoms with Gasteiger partial charge in [0.25, 0.3) is 5.69 Å². The normalized spacial score (nSPS) is 10.7. The maximum atomic E-state index is 10.6. The number of nitrogens with zero attached hydrogens (tertiary/aromatic N) is 2. The van der Waals surface area contributed by atoms with Gasteiger partial charge in [-0.25, -0.2) is 0 Å². The molecular weight excluding hydrogens is 301 g/mol. The highest BCUT2D eigenvalue weighted by molar-refractivity contribution is 6.36. The van der Waals surface area contributed by atoms with E-state index in [9.17, 15) is 10.1 Å². The Hall–Kier alpha value is -2.11. The van der Waals surface area contributed by atoms with Crippen LogP contribution >= 0.6 is 23.2 Å². The van der Waals surface area contributed by atoms with E-state index in [0.29, 0.717) is 21.3 Å². The van der Waals surface area contributed by atoms with Crippen LogP contribution in [0.2, 0.25) is 10.0 Å². The first-order chi connectivity index (χ1) is 9.56. The summed E-state index contributed by atoms with van der Waals surface area (Å²) in [5.41, 5.74) is 3.90. The van der Waals surface area contributed by atoms with Crippen LogP contribution in [0.25, 0.3) is 0 Å². The third kappa shape index (κ3) is 3.69. The summed E-state index contributed by atoms with van der Waals surface area (Å²) < 4.78 is 0. The van der Waals surface area contributed by atoms with Gasteiger partial charge in [0.05, 0.1) is 21.8 Å². The molecule has 0 atom stereocenters. The lowest BCUT2D eigenvalue weighted by molar-refractivity contribution is -0.384. The van der Waals surface area contributed by atoms with Gasteiger partial charge in [0.2, 0.25) is 0 Å². The van der Waals surface area contributed by atoms with Crippen molar-refractivity contribution in [2.75, 3.05) is 5.43 Å². The van der Waals surface area contributed by atoms with Crippen LogP contribution in [0.15, 0.2) is 47.6 Å². The molecule has 5 nitrogen and oxygen atoms in total. The zero-order valence-corrected chi connectivity index (χ0v) is 11.6. The number of benzene rings is 2. The highest BCUT2D eigenvalue weighted by Gasteiger charge is 2.04. The van der Waals surface area contributed by atoms with Gasteiger partial charge in [-0.05, 0) is 18.2 Å². The van der Waals surface area contributed by atoms with Crippen LogP contribution in [0.3, 0.4) is 0 Å². The summed E-state index contributed by atoms with van der Waals surface area (Å²) in [6, 6.07) is 11.1. The molecule has 2 rings (SSSR count). The van der Waals surface area contributed by atoms with Gasteiger partial charge in [0.15, 0.2) is 0 Å². The van der Waals surface area contributed by atoms with E-state index in [-0.39, 0.29) is 5.69 Å². The lowest BCUT2D eigenvalue weighted by atomic mass is 10.2. The van der Waals surface area contributed by atoms with Crippen LogP contribution in [0, 0.1) is 10.1 Å². The van der Waals surface area contributed by atoms with Crippen molar-refractivity contribution in [3.05, 3.63) is 68.2 Å². The first kappa shape index (κ1) is 14.3. The summed E-state index contributed by atoms with van der Waals surface area (Å²) >= 11 is 11.8. The number of nitro benzene ring substituents is 1. The van der Waals surface area contributed by atoms with Crippen LogP contribution in [0.4, 0.5) is 11.4 Å². The molecule has 2 aromatic rings. The number of nitro groups is 1. The molecule has 20 heavy (non-hydrogen) atoms. The molecule has 0 aliphatic rings. The van der Waals surface area contributed by atoms with Crippen LogP contribution in [0.5, 0.6) is 0 Å². The van der Waals surface area contributed by atoms with Crippen LogP contribution in [-0.4, -0.2) is 11.1 Å². The Labute approximate surface area is 125 Å². The molecule has 0 bridgehead atoms. The smallest absolute Gasteiger partial charge is 0.271 e. The topological polar surface area (TPSA) is 67.5 Å². The van der Waals surface area contributed by atoms with Crippen molar-refractivity contribution in [1.82, 2.24) is 0 Å². The third-order valence-electron chi connectivity index (χ3n) is 2.42. The fourth-order valence-corrected chi connectivity index (χ4v) is 1.93. The van der Waals surface area contributed by atoms with Crippen LogP contribution < -0.4 is 5.43 Å². The summed E-state index contributed by atoms with van der Waals surface area (Å²) in [6.07, 6.45) is 1.51. The van der Waals surface area contributed by atoms with E-state index in [1.54, 1.807) is 30.3 Å². The number of hydrogen-bond acceptors (Lipinski definition) is 4. The Balaban J connectivity index is 2.10. The molecule has 0 aliphatic carbocycles. The number of nitrogens with one attached hydrogen (secondary N) is 1. The van der Waals surface area contributed by atoms with E-state index in [4.69, 9.17) is 23.2 Å². The van der Waals surface area contributed by atoms with Crippen molar-refractivity contribution in [1.29, 1.82) is 0 Å². The molecule has 0 aliphatic heterocycles. The summed E-state index contributed by atoms with van der Waals surface area (Å²) in [5, 5.41) is 15.6. The first-order valence-corrected chi connectivity index (χ1v) is 6.30. The molecule has 0 saturated carbocycles. The molecule has 0 aromatic heterocycles. The van der Waals surface area contributed by atoms with Gasteiger partial charge in [-0.3, -0.25) is 15.5 Å². The highest BCUT2D eigenvalue weighted by Crippen LogP contribution is 2.20. The molecule has 0 amide bonds. The Bertz CT molecular complexity index is 674. The minimum atomic E-state index is -0.467. The third-order valence-corrected chi connectivity index (χ3v) is 2.98. The number of halogens is 2. The summed E-state index contributed by atoms with van der Waals surface area (Å²) in [4.78, 5) is 10.2. The maximum absolute atomic E-state index is 10.6. The largest absolute Gasteiger partial charge is 0.278 e. The molecule has 0 radical (unpaired) electrons. The predicted octanol–water partition coefficient (Wildman–Crippen LogP) is 4.35. The van der Waals surface area contributed by atoms with Gasteiger partial charge >= 0.3 is 0 Å². The second-order valence-electron chi connectivity index (χ2n) is 3.84. The highest BCUT2D eigenvalue weighted by atomic mass is 35.5. The number of hydrogen-bond donors (Lipinski definition) is 1. The molecule has 0 heterocycles. The van der Waals surface area contributed by atoms with Gasteiger partial charge in [-0.2, -0.15) is 5.10 Å². The molecule has 1 N–H and O–H groups in total. The summed E-state index contributed by atoms with van der Waals surface area (Å²) in [5.74, 6) is 0. The van der Waals surface area contributed by atoms with Gasteiger partial charge < -0.3 is 0 Å². The van der Waals surface area contributed by atoms with E-state index < -0.39 is 4.92 Å². The molecule has 102 valence electrons. The number of non-ortho nitro benzene ring substituents is 1.